The number of fused-ring (bicyclic) bond motifs is 3. The van der Waals surface area contributed by atoms with Gasteiger partial charge >= 0.3 is 0 Å². The molecule has 0 aliphatic rings. The molecule has 0 atom stereocenters. The van der Waals surface area contributed by atoms with Gasteiger partial charge in [-0.15, -0.1) is 0 Å². The van der Waals surface area contributed by atoms with E-state index in [-0.39, 0.29) is 5.43 Å². The number of benzene rings is 3. The fourth-order valence-corrected chi connectivity index (χ4v) is 2.76. The molecular weight excluding hydrogens is 258 g/mol. The van der Waals surface area contributed by atoms with Crippen LogP contribution >= 0.6 is 0 Å². The minimum atomic E-state index is 0.0494. The molecule has 0 radical (unpaired) electrons. The Labute approximate surface area is 121 Å². The number of aromatic amines is 1. The van der Waals surface area contributed by atoms with Gasteiger partial charge < -0.3 is 4.98 Å². The largest absolute Gasteiger partial charge is 0.354 e. The summed E-state index contributed by atoms with van der Waals surface area (Å²) >= 11 is 0. The zero-order valence-corrected chi connectivity index (χ0v) is 11.3. The lowest BCUT2D eigenvalue weighted by molar-refractivity contribution is 1.39. The number of hydrogen-bond acceptors (Lipinski definition) is 1. The number of hydrogen-bond donors (Lipinski definition) is 1. The van der Waals surface area contributed by atoms with Crippen LogP contribution in [0, 0.1) is 0 Å². The van der Waals surface area contributed by atoms with Crippen molar-refractivity contribution in [2.24, 2.45) is 0 Å². The van der Waals surface area contributed by atoms with Crippen molar-refractivity contribution in [3.05, 3.63) is 83.0 Å². The lowest BCUT2D eigenvalue weighted by Crippen LogP contribution is -2.03. The fraction of sp³-hybridized carbons (Fsp3) is 0. The summed E-state index contributed by atoms with van der Waals surface area (Å²) in [6.07, 6.45) is 0. The summed E-state index contributed by atoms with van der Waals surface area (Å²) in [5.41, 5.74) is 2.82. The molecule has 1 aromatic heterocycles. The van der Waals surface area contributed by atoms with E-state index >= 15 is 0 Å². The molecule has 1 N–H and O–H groups in total. The van der Waals surface area contributed by atoms with Crippen molar-refractivity contribution in [1.29, 1.82) is 0 Å². The van der Waals surface area contributed by atoms with Crippen molar-refractivity contribution in [2.45, 2.75) is 0 Å². The summed E-state index contributed by atoms with van der Waals surface area (Å²) in [6.45, 7) is 0. The van der Waals surface area contributed by atoms with Gasteiger partial charge in [-0.3, -0.25) is 4.79 Å². The number of rotatable bonds is 1. The molecule has 3 aromatic carbocycles. The maximum Gasteiger partial charge on any atom is 0.190 e. The van der Waals surface area contributed by atoms with Crippen LogP contribution in [-0.2, 0) is 0 Å². The van der Waals surface area contributed by atoms with Crippen molar-refractivity contribution in [2.75, 3.05) is 0 Å². The highest BCUT2D eigenvalue weighted by molar-refractivity contribution is 6.05. The predicted octanol–water partition coefficient (Wildman–Crippen LogP) is 4.35. The van der Waals surface area contributed by atoms with E-state index in [9.17, 15) is 4.79 Å². The molecule has 0 spiro atoms. The number of pyridine rings is 1. The van der Waals surface area contributed by atoms with Gasteiger partial charge in [-0.1, -0.05) is 60.7 Å². The van der Waals surface area contributed by atoms with Crippen LogP contribution in [0.15, 0.2) is 77.6 Å². The summed E-state index contributed by atoms with van der Waals surface area (Å²) in [5, 5.41) is 2.93. The Bertz CT molecular complexity index is 1000. The average molecular weight is 271 g/mol. The Kier molecular flexibility index (Phi) is 2.61. The van der Waals surface area contributed by atoms with Gasteiger partial charge in [-0.2, -0.15) is 0 Å². The van der Waals surface area contributed by atoms with Gasteiger partial charge in [0.2, 0.25) is 0 Å². The van der Waals surface area contributed by atoms with Gasteiger partial charge in [0.1, 0.15) is 0 Å². The second-order valence-electron chi connectivity index (χ2n) is 5.12. The van der Waals surface area contributed by atoms with E-state index in [0.717, 1.165) is 32.9 Å². The van der Waals surface area contributed by atoms with Crippen LogP contribution < -0.4 is 5.43 Å². The minimum Gasteiger partial charge on any atom is -0.354 e. The molecule has 0 saturated heterocycles. The van der Waals surface area contributed by atoms with Gasteiger partial charge in [-0.25, -0.2) is 0 Å². The third-order valence-electron chi connectivity index (χ3n) is 3.81. The molecule has 4 rings (SSSR count). The van der Waals surface area contributed by atoms with E-state index in [1.165, 1.54) is 0 Å². The average Bonchev–Trinajstić information content (AvgIpc) is 2.55. The first kappa shape index (κ1) is 11.9. The predicted molar refractivity (Wildman–Crippen MR) is 87.5 cm³/mol. The normalized spacial score (nSPS) is 11.0. The molecule has 0 saturated carbocycles. The summed E-state index contributed by atoms with van der Waals surface area (Å²) in [5.74, 6) is 0. The van der Waals surface area contributed by atoms with Gasteiger partial charge in [0.15, 0.2) is 5.43 Å². The summed E-state index contributed by atoms with van der Waals surface area (Å²) in [4.78, 5) is 15.8. The van der Waals surface area contributed by atoms with Crippen LogP contribution in [0.5, 0.6) is 0 Å². The van der Waals surface area contributed by atoms with E-state index in [0.29, 0.717) is 0 Å². The summed E-state index contributed by atoms with van der Waals surface area (Å²) < 4.78 is 0. The van der Waals surface area contributed by atoms with Crippen LogP contribution in [0.25, 0.3) is 32.9 Å². The molecular formula is C19H13NO. The van der Waals surface area contributed by atoms with E-state index in [1.54, 1.807) is 6.07 Å². The summed E-state index contributed by atoms with van der Waals surface area (Å²) in [7, 11) is 0. The highest BCUT2D eigenvalue weighted by Crippen LogP contribution is 2.24. The number of aromatic nitrogens is 1. The van der Waals surface area contributed by atoms with Crippen molar-refractivity contribution >= 4 is 21.7 Å². The van der Waals surface area contributed by atoms with Gasteiger partial charge in [0.05, 0.1) is 5.52 Å². The topological polar surface area (TPSA) is 32.9 Å². The Morgan fingerprint density at radius 1 is 0.714 bits per heavy atom. The molecule has 0 aliphatic heterocycles. The molecule has 100 valence electrons. The molecule has 0 aliphatic carbocycles. The van der Waals surface area contributed by atoms with Crippen LogP contribution in [-0.4, -0.2) is 4.98 Å². The van der Waals surface area contributed by atoms with Gasteiger partial charge in [0, 0.05) is 22.5 Å². The van der Waals surface area contributed by atoms with Gasteiger partial charge in [-0.05, 0) is 17.0 Å². The minimum absolute atomic E-state index is 0.0494. The maximum atomic E-state index is 12.4. The lowest BCUT2D eigenvalue weighted by atomic mass is 10.0. The molecule has 2 nitrogen and oxygen atoms in total. The first-order chi connectivity index (χ1) is 10.3. The van der Waals surface area contributed by atoms with Gasteiger partial charge in [0.25, 0.3) is 0 Å². The van der Waals surface area contributed by atoms with E-state index < -0.39 is 0 Å². The Morgan fingerprint density at radius 2 is 1.48 bits per heavy atom. The number of H-pyrrole nitrogens is 1. The van der Waals surface area contributed by atoms with E-state index in [1.807, 2.05) is 60.7 Å². The third-order valence-corrected chi connectivity index (χ3v) is 3.81. The van der Waals surface area contributed by atoms with E-state index in [2.05, 4.69) is 11.1 Å². The van der Waals surface area contributed by atoms with Crippen molar-refractivity contribution in [3.63, 3.8) is 0 Å². The lowest BCUT2D eigenvalue weighted by Gasteiger charge is -2.07. The molecule has 0 unspecified atom stereocenters. The van der Waals surface area contributed by atoms with Crippen LogP contribution in [0.2, 0.25) is 0 Å². The maximum absolute atomic E-state index is 12.4. The molecule has 0 amide bonds. The van der Waals surface area contributed by atoms with E-state index in [4.69, 9.17) is 0 Å². The van der Waals surface area contributed by atoms with Crippen LogP contribution in [0.4, 0.5) is 0 Å². The third kappa shape index (κ3) is 1.93. The zero-order valence-electron chi connectivity index (χ0n) is 11.3. The Balaban J connectivity index is 2.13. The quantitative estimate of drug-likeness (QED) is 0.513. The van der Waals surface area contributed by atoms with Crippen molar-refractivity contribution < 1.29 is 0 Å². The Morgan fingerprint density at radius 3 is 2.33 bits per heavy atom. The first-order valence-corrected chi connectivity index (χ1v) is 6.93. The zero-order chi connectivity index (χ0) is 14.2. The van der Waals surface area contributed by atoms with Crippen LogP contribution in [0.3, 0.4) is 0 Å². The SMILES string of the molecule is O=c1cc(-c2ccccc2)[nH]c2c1ccc1ccccc12. The molecule has 0 bridgehead atoms. The van der Waals surface area contributed by atoms with Crippen molar-refractivity contribution in [3.8, 4) is 11.3 Å². The fourth-order valence-electron chi connectivity index (χ4n) is 2.76. The van der Waals surface area contributed by atoms with Crippen molar-refractivity contribution in [1.82, 2.24) is 4.98 Å². The molecule has 1 heterocycles. The first-order valence-electron chi connectivity index (χ1n) is 6.93. The molecule has 4 aromatic rings. The molecule has 2 heteroatoms. The number of nitrogens with one attached hydrogen (secondary N) is 1. The molecule has 0 fully saturated rings. The summed E-state index contributed by atoms with van der Waals surface area (Å²) in [6, 6.07) is 23.6. The highest BCUT2D eigenvalue weighted by Gasteiger charge is 2.06. The monoisotopic (exact) mass is 271 g/mol. The smallest absolute Gasteiger partial charge is 0.190 e. The molecule has 21 heavy (non-hydrogen) atoms. The second kappa shape index (κ2) is 4.60. The van der Waals surface area contributed by atoms with Crippen LogP contribution in [0.1, 0.15) is 0 Å². The second-order valence-corrected chi connectivity index (χ2v) is 5.12. The standard InChI is InChI=1S/C19H13NO/c21-18-12-17(14-7-2-1-3-8-14)20-19-15-9-5-4-6-13(15)10-11-16(18)19/h1-12H,(H,20,21). The highest BCUT2D eigenvalue weighted by atomic mass is 16.1. The Hall–Kier alpha value is -2.87.